The maximum absolute atomic E-state index is 4.49. The largest absolute Gasteiger partial charge is 0.362 e. The summed E-state index contributed by atoms with van der Waals surface area (Å²) in [7, 11) is 1.80. The molecule has 0 radical (unpaired) electrons. The van der Waals surface area contributed by atoms with Crippen molar-refractivity contribution < 1.29 is 0 Å². The predicted octanol–water partition coefficient (Wildman–Crippen LogP) is 3.25. The fourth-order valence-electron chi connectivity index (χ4n) is 2.41. The molecule has 0 aliphatic carbocycles. The Morgan fingerprint density at radius 1 is 1.29 bits per heavy atom. The van der Waals surface area contributed by atoms with E-state index in [1.165, 1.54) is 15.3 Å². The van der Waals surface area contributed by atoms with Gasteiger partial charge in [0.05, 0.1) is 12.4 Å². The van der Waals surface area contributed by atoms with Gasteiger partial charge in [0.2, 0.25) is 5.95 Å². The van der Waals surface area contributed by atoms with Crippen molar-refractivity contribution in [2.75, 3.05) is 17.7 Å². The molecular formula is C14H18N6S. The van der Waals surface area contributed by atoms with Crippen LogP contribution in [0.1, 0.15) is 28.3 Å². The van der Waals surface area contributed by atoms with Crippen molar-refractivity contribution in [1.29, 1.82) is 0 Å². The van der Waals surface area contributed by atoms with Crippen molar-refractivity contribution in [3.8, 4) is 0 Å². The van der Waals surface area contributed by atoms with Crippen molar-refractivity contribution in [2.24, 2.45) is 0 Å². The van der Waals surface area contributed by atoms with Gasteiger partial charge in [0.25, 0.3) is 0 Å². The highest BCUT2D eigenvalue weighted by molar-refractivity contribution is 7.12. The third-order valence-corrected chi connectivity index (χ3v) is 4.39. The molecule has 3 aromatic heterocycles. The summed E-state index contributed by atoms with van der Waals surface area (Å²) < 4.78 is 0. The lowest BCUT2D eigenvalue weighted by molar-refractivity contribution is 0.872. The first-order valence-corrected chi connectivity index (χ1v) is 7.62. The molecule has 0 aliphatic heterocycles. The molecule has 0 amide bonds. The van der Waals surface area contributed by atoms with Crippen LogP contribution in [0.3, 0.4) is 0 Å². The molecule has 21 heavy (non-hydrogen) atoms. The fourth-order valence-corrected chi connectivity index (χ4v) is 3.44. The van der Waals surface area contributed by atoms with Gasteiger partial charge in [0, 0.05) is 16.8 Å². The molecule has 3 N–H and O–H groups in total. The van der Waals surface area contributed by atoms with E-state index in [-0.39, 0.29) is 6.04 Å². The highest BCUT2D eigenvalue weighted by Gasteiger charge is 2.15. The van der Waals surface area contributed by atoms with Crippen LogP contribution in [0.5, 0.6) is 0 Å². The maximum Gasteiger partial charge on any atom is 0.226 e. The standard InChI is InChI=1S/C14H18N6S/c1-7-5-10(9(3)21-7)8(2)18-13-11-12(17-6-16-11)19-14(15-4)20-13/h5-6,8H,1-4H3,(H3,15,16,17,18,19,20). The van der Waals surface area contributed by atoms with E-state index in [9.17, 15) is 0 Å². The van der Waals surface area contributed by atoms with Crippen LogP contribution in [0.15, 0.2) is 12.4 Å². The predicted molar refractivity (Wildman–Crippen MR) is 87.1 cm³/mol. The molecule has 0 spiro atoms. The first-order chi connectivity index (χ1) is 10.1. The zero-order valence-electron chi connectivity index (χ0n) is 12.5. The summed E-state index contributed by atoms with van der Waals surface area (Å²) in [5, 5.41) is 6.42. The quantitative estimate of drug-likeness (QED) is 0.689. The van der Waals surface area contributed by atoms with E-state index in [0.29, 0.717) is 11.6 Å². The second kappa shape index (κ2) is 5.33. The molecule has 1 atom stereocenters. The molecule has 3 heterocycles. The van der Waals surface area contributed by atoms with Gasteiger partial charge in [-0.25, -0.2) is 4.98 Å². The Kier molecular flexibility index (Phi) is 3.50. The number of thiophene rings is 1. The van der Waals surface area contributed by atoms with E-state index in [1.54, 1.807) is 13.4 Å². The number of hydrogen-bond donors (Lipinski definition) is 3. The van der Waals surface area contributed by atoms with Gasteiger partial charge in [-0.3, -0.25) is 0 Å². The van der Waals surface area contributed by atoms with Crippen molar-refractivity contribution in [3.63, 3.8) is 0 Å². The molecule has 0 aliphatic rings. The smallest absolute Gasteiger partial charge is 0.226 e. The van der Waals surface area contributed by atoms with Crippen molar-refractivity contribution >= 4 is 34.3 Å². The zero-order valence-corrected chi connectivity index (χ0v) is 13.3. The van der Waals surface area contributed by atoms with Gasteiger partial charge in [0.15, 0.2) is 11.5 Å². The maximum atomic E-state index is 4.49. The van der Waals surface area contributed by atoms with E-state index >= 15 is 0 Å². The number of aromatic amines is 1. The van der Waals surface area contributed by atoms with Gasteiger partial charge in [0.1, 0.15) is 5.52 Å². The molecule has 110 valence electrons. The van der Waals surface area contributed by atoms with Crippen molar-refractivity contribution in [3.05, 3.63) is 27.7 Å². The van der Waals surface area contributed by atoms with E-state index in [4.69, 9.17) is 0 Å². The lowest BCUT2D eigenvalue weighted by Gasteiger charge is -2.15. The number of aromatic nitrogens is 4. The summed E-state index contributed by atoms with van der Waals surface area (Å²) in [6, 6.07) is 2.39. The number of fused-ring (bicyclic) bond motifs is 1. The number of nitrogens with one attached hydrogen (secondary N) is 3. The number of hydrogen-bond acceptors (Lipinski definition) is 6. The molecule has 0 fully saturated rings. The van der Waals surface area contributed by atoms with Gasteiger partial charge in [-0.2, -0.15) is 9.97 Å². The Hall–Kier alpha value is -2.15. The van der Waals surface area contributed by atoms with Crippen molar-refractivity contribution in [1.82, 2.24) is 19.9 Å². The molecule has 0 aromatic carbocycles. The monoisotopic (exact) mass is 302 g/mol. The number of aryl methyl sites for hydroxylation is 2. The third kappa shape index (κ3) is 2.56. The van der Waals surface area contributed by atoms with Crippen LogP contribution in [0, 0.1) is 13.8 Å². The van der Waals surface area contributed by atoms with E-state index in [2.05, 4.69) is 57.4 Å². The van der Waals surface area contributed by atoms with Crippen LogP contribution in [-0.4, -0.2) is 27.0 Å². The summed E-state index contributed by atoms with van der Waals surface area (Å²) >= 11 is 1.82. The second-order valence-corrected chi connectivity index (χ2v) is 6.44. The topological polar surface area (TPSA) is 78.5 Å². The number of rotatable bonds is 4. The highest BCUT2D eigenvalue weighted by atomic mass is 32.1. The minimum absolute atomic E-state index is 0.168. The van der Waals surface area contributed by atoms with Crippen LogP contribution in [-0.2, 0) is 0 Å². The summed E-state index contributed by atoms with van der Waals surface area (Å²) in [5.41, 5.74) is 2.78. The Morgan fingerprint density at radius 3 is 2.76 bits per heavy atom. The van der Waals surface area contributed by atoms with E-state index in [1.807, 2.05) is 11.3 Å². The Labute approximate surface area is 127 Å². The zero-order chi connectivity index (χ0) is 15.0. The summed E-state index contributed by atoms with van der Waals surface area (Å²) in [5.74, 6) is 1.32. The average molecular weight is 302 g/mol. The third-order valence-electron chi connectivity index (χ3n) is 3.41. The van der Waals surface area contributed by atoms with Crippen molar-refractivity contribution in [2.45, 2.75) is 26.8 Å². The fraction of sp³-hybridized carbons (Fsp3) is 0.357. The van der Waals surface area contributed by atoms with Crippen LogP contribution in [0.2, 0.25) is 0 Å². The van der Waals surface area contributed by atoms with E-state index < -0.39 is 0 Å². The normalized spacial score (nSPS) is 12.6. The second-order valence-electron chi connectivity index (χ2n) is 4.98. The number of H-pyrrole nitrogens is 1. The van der Waals surface area contributed by atoms with Gasteiger partial charge in [-0.1, -0.05) is 0 Å². The molecule has 0 saturated heterocycles. The summed E-state index contributed by atoms with van der Waals surface area (Å²) in [4.78, 5) is 18.8. The molecule has 7 heteroatoms. The minimum atomic E-state index is 0.168. The van der Waals surface area contributed by atoms with Gasteiger partial charge >= 0.3 is 0 Å². The van der Waals surface area contributed by atoms with Crippen LogP contribution < -0.4 is 10.6 Å². The number of nitrogens with zero attached hydrogens (tertiary/aromatic N) is 3. The lowest BCUT2D eigenvalue weighted by atomic mass is 10.1. The molecule has 0 bridgehead atoms. The Bertz CT molecular complexity index is 775. The molecule has 1 unspecified atom stereocenters. The molecule has 0 saturated carbocycles. The minimum Gasteiger partial charge on any atom is -0.362 e. The first-order valence-electron chi connectivity index (χ1n) is 6.81. The number of anilines is 2. The molecule has 6 nitrogen and oxygen atoms in total. The number of imidazole rings is 1. The van der Waals surface area contributed by atoms with Gasteiger partial charge in [-0.15, -0.1) is 11.3 Å². The molecular weight excluding hydrogens is 284 g/mol. The molecule has 3 rings (SSSR count). The average Bonchev–Trinajstić information content (AvgIpc) is 3.04. The molecule has 3 aromatic rings. The van der Waals surface area contributed by atoms with Crippen LogP contribution >= 0.6 is 11.3 Å². The summed E-state index contributed by atoms with van der Waals surface area (Å²) in [6.45, 7) is 6.42. The SMILES string of the molecule is CNc1nc(NC(C)c2cc(C)sc2C)c2[nH]cnc2n1. The highest BCUT2D eigenvalue weighted by Crippen LogP contribution is 2.29. The Morgan fingerprint density at radius 2 is 2.10 bits per heavy atom. The van der Waals surface area contributed by atoms with Gasteiger partial charge in [-0.05, 0) is 32.4 Å². The lowest BCUT2D eigenvalue weighted by Crippen LogP contribution is -2.10. The van der Waals surface area contributed by atoms with Gasteiger partial charge < -0.3 is 15.6 Å². The summed E-state index contributed by atoms with van der Waals surface area (Å²) in [6.07, 6.45) is 1.63. The Balaban J connectivity index is 1.97. The van der Waals surface area contributed by atoms with Crippen LogP contribution in [0.25, 0.3) is 11.2 Å². The van der Waals surface area contributed by atoms with Crippen LogP contribution in [0.4, 0.5) is 11.8 Å². The first kappa shape index (κ1) is 13.8. The van der Waals surface area contributed by atoms with E-state index in [0.717, 1.165) is 11.3 Å².